The number of sulfonamides is 1. The Kier molecular flexibility index (Phi) is 5.31. The Labute approximate surface area is 113 Å². The van der Waals surface area contributed by atoms with Crippen molar-refractivity contribution < 1.29 is 17.9 Å². The van der Waals surface area contributed by atoms with Crippen LogP contribution in [0.15, 0.2) is 23.1 Å². The van der Waals surface area contributed by atoms with Gasteiger partial charge in [0.15, 0.2) is 0 Å². The maximum Gasteiger partial charge on any atom is 0.255 e. The lowest BCUT2D eigenvalue weighted by Gasteiger charge is -2.11. The molecule has 0 aliphatic heterocycles. The first-order valence-electron chi connectivity index (χ1n) is 5.86. The molecule has 1 amide bonds. The highest BCUT2D eigenvalue weighted by molar-refractivity contribution is 7.89. The molecule has 0 aromatic heterocycles. The van der Waals surface area contributed by atoms with Gasteiger partial charge in [-0.15, -0.1) is 0 Å². The van der Waals surface area contributed by atoms with Crippen LogP contribution in [0.2, 0.25) is 0 Å². The van der Waals surface area contributed by atoms with E-state index in [-0.39, 0.29) is 16.4 Å². The highest BCUT2D eigenvalue weighted by Crippen LogP contribution is 2.22. The van der Waals surface area contributed by atoms with Gasteiger partial charge in [0.2, 0.25) is 10.0 Å². The zero-order chi connectivity index (χ0) is 14.5. The van der Waals surface area contributed by atoms with Crippen molar-refractivity contribution in [1.82, 2.24) is 10.0 Å². The normalized spacial score (nSPS) is 11.1. The minimum Gasteiger partial charge on any atom is -0.496 e. The number of carbonyl (C=O) groups excluding carboxylic acids is 1. The van der Waals surface area contributed by atoms with Crippen LogP contribution in [0.5, 0.6) is 5.75 Å². The van der Waals surface area contributed by atoms with Gasteiger partial charge in [-0.1, -0.05) is 6.92 Å². The number of nitrogens with one attached hydrogen (secondary N) is 2. The van der Waals surface area contributed by atoms with Crippen LogP contribution in [0.1, 0.15) is 23.7 Å². The number of benzene rings is 1. The van der Waals surface area contributed by atoms with E-state index in [1.54, 1.807) is 0 Å². The summed E-state index contributed by atoms with van der Waals surface area (Å²) in [5.41, 5.74) is 0.201. The SMILES string of the molecule is CCCNC(=O)c1cc(S(=O)(=O)NC)ccc1OC. The largest absolute Gasteiger partial charge is 0.496 e. The van der Waals surface area contributed by atoms with Crippen LogP contribution >= 0.6 is 0 Å². The average molecular weight is 286 g/mol. The molecule has 0 fully saturated rings. The van der Waals surface area contributed by atoms with Gasteiger partial charge in [0.1, 0.15) is 5.75 Å². The molecule has 0 heterocycles. The summed E-state index contributed by atoms with van der Waals surface area (Å²) in [6, 6.07) is 4.15. The van der Waals surface area contributed by atoms with E-state index in [0.717, 1.165) is 6.42 Å². The predicted octanol–water partition coefficient (Wildman–Crippen LogP) is 0.743. The van der Waals surface area contributed by atoms with Gasteiger partial charge in [-0.25, -0.2) is 13.1 Å². The van der Waals surface area contributed by atoms with Crippen molar-refractivity contribution >= 4 is 15.9 Å². The summed E-state index contributed by atoms with van der Waals surface area (Å²) in [4.78, 5) is 12.0. The van der Waals surface area contributed by atoms with Gasteiger partial charge in [-0.05, 0) is 31.7 Å². The number of amides is 1. The maximum absolute atomic E-state index is 11.9. The van der Waals surface area contributed by atoms with Crippen molar-refractivity contribution in [3.63, 3.8) is 0 Å². The van der Waals surface area contributed by atoms with Crippen molar-refractivity contribution in [3.8, 4) is 5.75 Å². The fourth-order valence-corrected chi connectivity index (χ4v) is 2.24. The fourth-order valence-electron chi connectivity index (χ4n) is 1.48. The zero-order valence-electron chi connectivity index (χ0n) is 11.2. The van der Waals surface area contributed by atoms with Gasteiger partial charge in [0, 0.05) is 6.54 Å². The summed E-state index contributed by atoms with van der Waals surface area (Å²) in [7, 11) is -0.841. The molecule has 0 spiro atoms. The van der Waals surface area contributed by atoms with E-state index in [1.165, 1.54) is 32.4 Å². The second-order valence-corrected chi connectivity index (χ2v) is 5.71. The van der Waals surface area contributed by atoms with E-state index in [0.29, 0.717) is 12.3 Å². The van der Waals surface area contributed by atoms with Crippen molar-refractivity contribution in [2.75, 3.05) is 20.7 Å². The molecular formula is C12H18N2O4S. The Balaban J connectivity index is 3.20. The second kappa shape index (κ2) is 6.53. The smallest absolute Gasteiger partial charge is 0.255 e. The average Bonchev–Trinajstić information content (AvgIpc) is 2.43. The first-order valence-corrected chi connectivity index (χ1v) is 7.34. The molecule has 7 heteroatoms. The Hall–Kier alpha value is -1.60. The van der Waals surface area contributed by atoms with Gasteiger partial charge < -0.3 is 10.1 Å². The van der Waals surface area contributed by atoms with Gasteiger partial charge in [0.05, 0.1) is 17.6 Å². The molecule has 1 rings (SSSR count). The molecular weight excluding hydrogens is 268 g/mol. The van der Waals surface area contributed by atoms with Crippen LogP contribution in [-0.4, -0.2) is 35.0 Å². The lowest BCUT2D eigenvalue weighted by molar-refractivity contribution is 0.0950. The third kappa shape index (κ3) is 3.68. The Morgan fingerprint density at radius 3 is 2.58 bits per heavy atom. The molecule has 1 aromatic carbocycles. The molecule has 2 N–H and O–H groups in total. The summed E-state index contributed by atoms with van der Waals surface area (Å²) in [5, 5.41) is 2.69. The number of rotatable bonds is 6. The maximum atomic E-state index is 11.9. The molecule has 1 aromatic rings. The van der Waals surface area contributed by atoms with E-state index in [9.17, 15) is 13.2 Å². The quantitative estimate of drug-likeness (QED) is 0.808. The Morgan fingerprint density at radius 1 is 1.37 bits per heavy atom. The van der Waals surface area contributed by atoms with Crippen molar-refractivity contribution in [1.29, 1.82) is 0 Å². The van der Waals surface area contributed by atoms with E-state index in [1.807, 2.05) is 6.92 Å². The Bertz CT molecular complexity index is 555. The van der Waals surface area contributed by atoms with Crippen LogP contribution in [0.25, 0.3) is 0 Å². The van der Waals surface area contributed by atoms with Crippen LogP contribution in [0.3, 0.4) is 0 Å². The van der Waals surface area contributed by atoms with Gasteiger partial charge in [0.25, 0.3) is 5.91 Å². The summed E-state index contributed by atoms with van der Waals surface area (Å²) in [5.74, 6) is -0.0180. The topological polar surface area (TPSA) is 84.5 Å². The fraction of sp³-hybridized carbons (Fsp3) is 0.417. The number of hydrogen-bond acceptors (Lipinski definition) is 4. The third-order valence-corrected chi connectivity index (χ3v) is 3.94. The summed E-state index contributed by atoms with van der Waals surface area (Å²) in [6.45, 7) is 2.45. The summed E-state index contributed by atoms with van der Waals surface area (Å²) in [6.07, 6.45) is 0.794. The lowest BCUT2D eigenvalue weighted by Crippen LogP contribution is -2.25. The van der Waals surface area contributed by atoms with Gasteiger partial charge in [-0.3, -0.25) is 4.79 Å². The molecule has 0 aliphatic rings. The molecule has 0 atom stereocenters. The number of carbonyl (C=O) groups is 1. The van der Waals surface area contributed by atoms with Crippen LogP contribution in [-0.2, 0) is 10.0 Å². The van der Waals surface area contributed by atoms with E-state index in [4.69, 9.17) is 4.74 Å². The third-order valence-electron chi connectivity index (χ3n) is 2.53. The standard InChI is InChI=1S/C12H18N2O4S/c1-4-7-14-12(15)10-8-9(19(16,17)13-2)5-6-11(10)18-3/h5-6,8,13H,4,7H2,1-3H3,(H,14,15). The van der Waals surface area contributed by atoms with E-state index >= 15 is 0 Å². The molecule has 0 radical (unpaired) electrons. The molecule has 0 aliphatic carbocycles. The molecule has 19 heavy (non-hydrogen) atoms. The lowest BCUT2D eigenvalue weighted by atomic mass is 10.2. The zero-order valence-corrected chi connectivity index (χ0v) is 12.0. The summed E-state index contributed by atoms with van der Waals surface area (Å²) < 4.78 is 30.7. The van der Waals surface area contributed by atoms with Crippen molar-refractivity contribution in [2.45, 2.75) is 18.2 Å². The highest BCUT2D eigenvalue weighted by Gasteiger charge is 2.18. The molecule has 106 valence electrons. The van der Waals surface area contributed by atoms with Gasteiger partial charge in [-0.2, -0.15) is 0 Å². The minimum atomic E-state index is -3.59. The first-order chi connectivity index (χ1) is 8.96. The van der Waals surface area contributed by atoms with Gasteiger partial charge >= 0.3 is 0 Å². The van der Waals surface area contributed by atoms with Crippen molar-refractivity contribution in [3.05, 3.63) is 23.8 Å². The number of ether oxygens (including phenoxy) is 1. The van der Waals surface area contributed by atoms with Crippen LogP contribution in [0.4, 0.5) is 0 Å². The number of hydrogen-bond donors (Lipinski definition) is 2. The van der Waals surface area contributed by atoms with E-state index in [2.05, 4.69) is 10.0 Å². The highest BCUT2D eigenvalue weighted by atomic mass is 32.2. The minimum absolute atomic E-state index is 0.0254. The molecule has 6 nitrogen and oxygen atoms in total. The van der Waals surface area contributed by atoms with E-state index < -0.39 is 10.0 Å². The summed E-state index contributed by atoms with van der Waals surface area (Å²) >= 11 is 0. The second-order valence-electron chi connectivity index (χ2n) is 3.83. The Morgan fingerprint density at radius 2 is 2.05 bits per heavy atom. The monoisotopic (exact) mass is 286 g/mol. The van der Waals surface area contributed by atoms with Crippen LogP contribution in [0, 0.1) is 0 Å². The molecule has 0 saturated heterocycles. The molecule has 0 saturated carbocycles. The number of methoxy groups -OCH3 is 1. The molecule has 0 unspecified atom stereocenters. The first kappa shape index (κ1) is 15.5. The predicted molar refractivity (Wildman–Crippen MR) is 71.9 cm³/mol. The van der Waals surface area contributed by atoms with Crippen LogP contribution < -0.4 is 14.8 Å². The molecule has 0 bridgehead atoms. The van der Waals surface area contributed by atoms with Crippen molar-refractivity contribution in [2.24, 2.45) is 0 Å².